The van der Waals surface area contributed by atoms with Crippen LogP contribution in [0.4, 0.5) is 11.5 Å². The molecule has 0 saturated carbocycles. The Balaban J connectivity index is 1.51. The fourth-order valence-corrected chi connectivity index (χ4v) is 3.37. The van der Waals surface area contributed by atoms with E-state index in [-0.39, 0.29) is 5.69 Å². The smallest absolute Gasteiger partial charge is 0.273 e. The number of aromatic nitrogens is 2. The van der Waals surface area contributed by atoms with Crippen molar-refractivity contribution in [2.24, 2.45) is 4.99 Å². The Bertz CT molecular complexity index is 1450. The Hall–Kier alpha value is -4.66. The molecule has 158 valence electrons. The summed E-state index contributed by atoms with van der Waals surface area (Å²) in [6.07, 6.45) is 5.05. The van der Waals surface area contributed by atoms with Crippen LogP contribution in [0.5, 0.6) is 5.75 Å². The van der Waals surface area contributed by atoms with Gasteiger partial charge in [0.1, 0.15) is 22.9 Å². The number of nitro groups is 1. The third-order valence-electron chi connectivity index (χ3n) is 4.86. The predicted octanol–water partition coefficient (Wildman–Crippen LogP) is 5.52. The molecule has 4 heterocycles. The zero-order valence-electron chi connectivity index (χ0n) is 16.8. The van der Waals surface area contributed by atoms with Gasteiger partial charge in [-0.05, 0) is 42.5 Å². The van der Waals surface area contributed by atoms with Crippen molar-refractivity contribution in [3.8, 4) is 28.5 Å². The average Bonchev–Trinajstić information content (AvgIpc) is 3.56. The third-order valence-corrected chi connectivity index (χ3v) is 4.86. The molecule has 9 heteroatoms. The van der Waals surface area contributed by atoms with Crippen LogP contribution in [0.1, 0.15) is 5.76 Å². The van der Waals surface area contributed by atoms with Crippen molar-refractivity contribution >= 4 is 23.4 Å². The number of rotatable bonds is 6. The first-order valence-electron chi connectivity index (χ1n) is 9.62. The van der Waals surface area contributed by atoms with Gasteiger partial charge in [-0.2, -0.15) is 0 Å². The summed E-state index contributed by atoms with van der Waals surface area (Å²) in [5.41, 5.74) is 1.89. The summed E-state index contributed by atoms with van der Waals surface area (Å²) in [6, 6.07) is 17.2. The summed E-state index contributed by atoms with van der Waals surface area (Å²) in [5.74, 6) is 2.55. The molecule has 5 aromatic rings. The number of nitrogens with zero attached hydrogens (tertiary/aromatic N) is 4. The highest BCUT2D eigenvalue weighted by Crippen LogP contribution is 2.35. The fraction of sp³-hybridized carbons (Fsp3) is 0.0435. The summed E-state index contributed by atoms with van der Waals surface area (Å²) in [5, 5.41) is 11.0. The zero-order valence-corrected chi connectivity index (χ0v) is 16.8. The Labute approximate surface area is 181 Å². The van der Waals surface area contributed by atoms with E-state index in [1.807, 2.05) is 34.9 Å². The number of furan rings is 2. The van der Waals surface area contributed by atoms with Gasteiger partial charge < -0.3 is 13.6 Å². The van der Waals surface area contributed by atoms with Gasteiger partial charge >= 0.3 is 0 Å². The van der Waals surface area contributed by atoms with Gasteiger partial charge in [-0.3, -0.25) is 14.5 Å². The summed E-state index contributed by atoms with van der Waals surface area (Å²) in [6.45, 7) is 0. The van der Waals surface area contributed by atoms with Crippen molar-refractivity contribution < 1.29 is 18.5 Å². The van der Waals surface area contributed by atoms with Crippen LogP contribution in [0.25, 0.3) is 28.4 Å². The van der Waals surface area contributed by atoms with Gasteiger partial charge in [0.25, 0.3) is 5.69 Å². The Morgan fingerprint density at radius 3 is 2.81 bits per heavy atom. The first-order chi connectivity index (χ1) is 15.6. The normalized spacial score (nSPS) is 11.4. The van der Waals surface area contributed by atoms with Crippen LogP contribution in [0.15, 0.2) is 87.0 Å². The number of fused-ring (bicyclic) bond motifs is 1. The van der Waals surface area contributed by atoms with Gasteiger partial charge in [0, 0.05) is 12.3 Å². The van der Waals surface area contributed by atoms with Gasteiger partial charge in [-0.1, -0.05) is 6.07 Å². The second kappa shape index (κ2) is 7.88. The molecule has 0 bridgehead atoms. The SMILES string of the molecule is COc1cc([N+](=O)[O-])ccc1-c1ccc(/C=N/c2c(-c3ccco3)nc3ccccn23)o1. The molecule has 1 aromatic carbocycles. The number of non-ortho nitro benzene ring substituents is 1. The number of methoxy groups -OCH3 is 1. The maximum Gasteiger partial charge on any atom is 0.273 e. The molecular weight excluding hydrogens is 412 g/mol. The summed E-state index contributed by atoms with van der Waals surface area (Å²) in [4.78, 5) is 19.8. The molecule has 32 heavy (non-hydrogen) atoms. The highest BCUT2D eigenvalue weighted by atomic mass is 16.6. The van der Waals surface area contributed by atoms with Crippen molar-refractivity contribution in [3.05, 3.63) is 89.0 Å². The van der Waals surface area contributed by atoms with E-state index in [4.69, 9.17) is 13.6 Å². The number of benzene rings is 1. The maximum absolute atomic E-state index is 11.0. The number of pyridine rings is 1. The number of nitro benzene ring substituents is 1. The van der Waals surface area contributed by atoms with E-state index in [1.54, 1.807) is 36.7 Å². The molecule has 0 radical (unpaired) electrons. The van der Waals surface area contributed by atoms with E-state index in [0.717, 1.165) is 5.65 Å². The molecule has 0 aliphatic carbocycles. The highest BCUT2D eigenvalue weighted by Gasteiger charge is 2.17. The second-order valence-electron chi connectivity index (χ2n) is 6.79. The van der Waals surface area contributed by atoms with Gasteiger partial charge in [-0.25, -0.2) is 9.98 Å². The lowest BCUT2D eigenvalue weighted by molar-refractivity contribution is -0.384. The van der Waals surface area contributed by atoms with Gasteiger partial charge in [0.15, 0.2) is 17.3 Å². The van der Waals surface area contributed by atoms with E-state index in [2.05, 4.69) is 9.98 Å². The van der Waals surface area contributed by atoms with Gasteiger partial charge in [-0.15, -0.1) is 0 Å². The lowest BCUT2D eigenvalue weighted by Gasteiger charge is -2.05. The first-order valence-corrected chi connectivity index (χ1v) is 9.62. The van der Waals surface area contributed by atoms with Crippen molar-refractivity contribution in [3.63, 3.8) is 0 Å². The van der Waals surface area contributed by atoms with Crippen LogP contribution in [0, 0.1) is 10.1 Å². The molecule has 5 rings (SSSR count). The molecule has 9 nitrogen and oxygen atoms in total. The number of imidazole rings is 1. The van der Waals surface area contributed by atoms with Crippen molar-refractivity contribution in [1.29, 1.82) is 0 Å². The largest absolute Gasteiger partial charge is 0.496 e. The second-order valence-corrected chi connectivity index (χ2v) is 6.79. The highest BCUT2D eigenvalue weighted by molar-refractivity contribution is 5.83. The summed E-state index contributed by atoms with van der Waals surface area (Å²) < 4.78 is 18.6. The topological polar surface area (TPSA) is 108 Å². The molecule has 0 aliphatic heterocycles. The molecule has 0 spiro atoms. The molecule has 0 aliphatic rings. The van der Waals surface area contributed by atoms with Crippen LogP contribution in [0.3, 0.4) is 0 Å². The van der Waals surface area contributed by atoms with Crippen LogP contribution in [0.2, 0.25) is 0 Å². The molecule has 0 atom stereocenters. The number of ether oxygens (including phenoxy) is 1. The predicted molar refractivity (Wildman–Crippen MR) is 117 cm³/mol. The summed E-state index contributed by atoms with van der Waals surface area (Å²) >= 11 is 0. The van der Waals surface area contributed by atoms with Crippen molar-refractivity contribution in [1.82, 2.24) is 9.38 Å². The molecule has 0 saturated heterocycles. The molecular formula is C23H16N4O5. The van der Waals surface area contributed by atoms with E-state index >= 15 is 0 Å². The fourth-order valence-electron chi connectivity index (χ4n) is 3.37. The van der Waals surface area contributed by atoms with Crippen LogP contribution >= 0.6 is 0 Å². The van der Waals surface area contributed by atoms with Crippen LogP contribution in [-0.2, 0) is 0 Å². The van der Waals surface area contributed by atoms with Gasteiger partial charge in [0.2, 0.25) is 0 Å². The monoisotopic (exact) mass is 428 g/mol. The number of hydrogen-bond donors (Lipinski definition) is 0. The molecule has 4 aromatic heterocycles. The zero-order chi connectivity index (χ0) is 22.1. The molecule has 0 amide bonds. The summed E-state index contributed by atoms with van der Waals surface area (Å²) in [7, 11) is 1.45. The standard InChI is InChI=1S/C23H16N4O5/c1-30-20-13-15(27(28)29)7-9-17(20)18-10-8-16(32-18)14-24-23-22(19-5-4-12-31-19)25-21-6-2-3-11-26(21)23/h2-14H,1H3/b24-14+. The van der Waals surface area contributed by atoms with Crippen LogP contribution in [-0.4, -0.2) is 27.6 Å². The Morgan fingerprint density at radius 2 is 2.03 bits per heavy atom. The quantitative estimate of drug-likeness (QED) is 0.200. The molecule has 0 unspecified atom stereocenters. The minimum absolute atomic E-state index is 0.0583. The lowest BCUT2D eigenvalue weighted by Crippen LogP contribution is -1.92. The van der Waals surface area contributed by atoms with Crippen molar-refractivity contribution in [2.45, 2.75) is 0 Å². The van der Waals surface area contributed by atoms with Crippen molar-refractivity contribution in [2.75, 3.05) is 7.11 Å². The minimum atomic E-state index is -0.473. The lowest BCUT2D eigenvalue weighted by atomic mass is 10.1. The maximum atomic E-state index is 11.0. The first kappa shape index (κ1) is 19.3. The Kier molecular flexibility index (Phi) is 4.75. The van der Waals surface area contributed by atoms with E-state index < -0.39 is 4.92 Å². The van der Waals surface area contributed by atoms with Gasteiger partial charge in [0.05, 0.1) is 36.1 Å². The van der Waals surface area contributed by atoms with E-state index in [9.17, 15) is 10.1 Å². The van der Waals surface area contributed by atoms with E-state index in [1.165, 1.54) is 19.2 Å². The Morgan fingerprint density at radius 1 is 1.12 bits per heavy atom. The number of hydrogen-bond acceptors (Lipinski definition) is 7. The average molecular weight is 428 g/mol. The number of aliphatic imine (C=N–C) groups is 1. The molecule has 0 fully saturated rings. The van der Waals surface area contributed by atoms with Crippen LogP contribution < -0.4 is 4.74 Å². The third kappa shape index (κ3) is 3.41. The minimum Gasteiger partial charge on any atom is -0.496 e. The van der Waals surface area contributed by atoms with E-state index in [0.29, 0.717) is 40.1 Å². The molecule has 0 N–H and O–H groups in total.